The summed E-state index contributed by atoms with van der Waals surface area (Å²) < 4.78 is 11.0. The first kappa shape index (κ1) is 15.4. The minimum Gasteiger partial charge on any atom is -0.496 e. The Kier molecular flexibility index (Phi) is 4.51. The summed E-state index contributed by atoms with van der Waals surface area (Å²) in [5, 5.41) is 0. The van der Waals surface area contributed by atoms with Crippen molar-refractivity contribution in [3.63, 3.8) is 0 Å². The molecular formula is C19H21NO3. The fourth-order valence-electron chi connectivity index (χ4n) is 3.26. The molecule has 0 N–H and O–H groups in total. The van der Waals surface area contributed by atoms with Crippen LogP contribution in [0.3, 0.4) is 0 Å². The van der Waals surface area contributed by atoms with E-state index in [1.165, 1.54) is 0 Å². The SMILES string of the molecule is COc1cccc(OC)c1[C@@H]1CCCN1C(=O)c1ccccc1. The number of nitrogens with zero attached hydrogens (tertiary/aromatic N) is 1. The minimum absolute atomic E-state index is 0.0196. The number of methoxy groups -OCH3 is 2. The van der Waals surface area contributed by atoms with Gasteiger partial charge >= 0.3 is 0 Å². The van der Waals surface area contributed by atoms with Gasteiger partial charge in [0.05, 0.1) is 25.8 Å². The predicted octanol–water partition coefficient (Wildman–Crippen LogP) is 3.68. The molecule has 1 amide bonds. The summed E-state index contributed by atoms with van der Waals surface area (Å²) in [4.78, 5) is 14.8. The maximum atomic E-state index is 12.9. The Morgan fingerprint density at radius 1 is 1.00 bits per heavy atom. The molecule has 0 aromatic heterocycles. The van der Waals surface area contributed by atoms with Crippen molar-refractivity contribution in [3.8, 4) is 11.5 Å². The third-order valence-corrected chi connectivity index (χ3v) is 4.33. The van der Waals surface area contributed by atoms with Crippen LogP contribution in [0.1, 0.15) is 34.8 Å². The lowest BCUT2D eigenvalue weighted by Gasteiger charge is -2.27. The summed E-state index contributed by atoms with van der Waals surface area (Å²) in [5.74, 6) is 1.59. The van der Waals surface area contributed by atoms with Gasteiger partial charge in [-0.05, 0) is 37.1 Å². The second-order valence-corrected chi connectivity index (χ2v) is 5.60. The highest BCUT2D eigenvalue weighted by Crippen LogP contribution is 2.42. The standard InChI is InChI=1S/C19H21NO3/c1-22-16-11-6-12-17(23-2)18(16)15-10-7-13-20(15)19(21)14-8-4-3-5-9-14/h3-6,8-9,11-12,15H,7,10,13H2,1-2H3/t15-/m0/s1. The van der Waals surface area contributed by atoms with E-state index in [9.17, 15) is 4.79 Å². The molecule has 1 aliphatic heterocycles. The van der Waals surface area contributed by atoms with Gasteiger partial charge in [-0.1, -0.05) is 24.3 Å². The van der Waals surface area contributed by atoms with Gasteiger partial charge in [-0.25, -0.2) is 0 Å². The summed E-state index contributed by atoms with van der Waals surface area (Å²) in [6.07, 6.45) is 1.89. The van der Waals surface area contributed by atoms with Crippen molar-refractivity contribution in [3.05, 3.63) is 59.7 Å². The van der Waals surface area contributed by atoms with Crippen molar-refractivity contribution < 1.29 is 14.3 Å². The lowest BCUT2D eigenvalue weighted by atomic mass is 10.0. The molecule has 0 aliphatic carbocycles. The van der Waals surface area contributed by atoms with Crippen molar-refractivity contribution in [2.24, 2.45) is 0 Å². The van der Waals surface area contributed by atoms with Gasteiger partial charge in [-0.15, -0.1) is 0 Å². The summed E-state index contributed by atoms with van der Waals surface area (Å²) in [7, 11) is 3.30. The first-order valence-electron chi connectivity index (χ1n) is 7.83. The summed E-state index contributed by atoms with van der Waals surface area (Å²) in [5.41, 5.74) is 1.67. The molecule has 1 saturated heterocycles. The summed E-state index contributed by atoms with van der Waals surface area (Å²) in [6.45, 7) is 0.750. The van der Waals surface area contributed by atoms with Crippen molar-refractivity contribution in [1.29, 1.82) is 0 Å². The predicted molar refractivity (Wildman–Crippen MR) is 89.0 cm³/mol. The van der Waals surface area contributed by atoms with E-state index in [0.717, 1.165) is 36.4 Å². The van der Waals surface area contributed by atoms with Crippen LogP contribution in [0, 0.1) is 0 Å². The number of carbonyl (C=O) groups is 1. The van der Waals surface area contributed by atoms with Crippen LogP contribution in [-0.2, 0) is 0 Å². The fourth-order valence-corrected chi connectivity index (χ4v) is 3.26. The third-order valence-electron chi connectivity index (χ3n) is 4.33. The molecule has 0 radical (unpaired) electrons. The molecular weight excluding hydrogens is 290 g/mol. The third kappa shape index (κ3) is 2.89. The maximum Gasteiger partial charge on any atom is 0.254 e. The van der Waals surface area contributed by atoms with E-state index in [4.69, 9.17) is 9.47 Å². The van der Waals surface area contributed by atoms with Crippen LogP contribution in [-0.4, -0.2) is 31.6 Å². The smallest absolute Gasteiger partial charge is 0.254 e. The van der Waals surface area contributed by atoms with Crippen molar-refractivity contribution >= 4 is 5.91 Å². The topological polar surface area (TPSA) is 38.8 Å². The number of rotatable bonds is 4. The second-order valence-electron chi connectivity index (χ2n) is 5.60. The molecule has 0 bridgehead atoms. The highest BCUT2D eigenvalue weighted by atomic mass is 16.5. The average molecular weight is 311 g/mol. The Labute approximate surface area is 136 Å². The number of likely N-dealkylation sites (tertiary alicyclic amines) is 1. The van der Waals surface area contributed by atoms with E-state index < -0.39 is 0 Å². The Morgan fingerprint density at radius 2 is 1.65 bits per heavy atom. The first-order valence-corrected chi connectivity index (χ1v) is 7.83. The number of hydrogen-bond donors (Lipinski definition) is 0. The molecule has 2 aromatic carbocycles. The van der Waals surface area contributed by atoms with Gasteiger partial charge in [0.25, 0.3) is 5.91 Å². The number of hydrogen-bond acceptors (Lipinski definition) is 3. The quantitative estimate of drug-likeness (QED) is 0.864. The van der Waals surface area contributed by atoms with Crippen molar-refractivity contribution in [2.45, 2.75) is 18.9 Å². The lowest BCUT2D eigenvalue weighted by molar-refractivity contribution is 0.0732. The molecule has 1 atom stereocenters. The number of ether oxygens (including phenoxy) is 2. The van der Waals surface area contributed by atoms with Crippen LogP contribution in [0.15, 0.2) is 48.5 Å². The van der Waals surface area contributed by atoms with E-state index >= 15 is 0 Å². The zero-order chi connectivity index (χ0) is 16.2. The van der Waals surface area contributed by atoms with Crippen LogP contribution >= 0.6 is 0 Å². The zero-order valence-corrected chi connectivity index (χ0v) is 13.5. The molecule has 1 fully saturated rings. The number of carbonyl (C=O) groups excluding carboxylic acids is 1. The molecule has 3 rings (SSSR count). The Bertz CT molecular complexity index is 662. The Morgan fingerprint density at radius 3 is 2.26 bits per heavy atom. The van der Waals surface area contributed by atoms with Gasteiger partial charge in [0.2, 0.25) is 0 Å². The van der Waals surface area contributed by atoms with Crippen LogP contribution in [0.4, 0.5) is 0 Å². The van der Waals surface area contributed by atoms with Gasteiger partial charge in [0.1, 0.15) is 11.5 Å². The monoisotopic (exact) mass is 311 g/mol. The molecule has 0 spiro atoms. The van der Waals surface area contributed by atoms with Gasteiger partial charge in [0, 0.05) is 12.1 Å². The summed E-state index contributed by atoms with van der Waals surface area (Å²) >= 11 is 0. The van der Waals surface area contributed by atoms with Gasteiger partial charge in [0.15, 0.2) is 0 Å². The summed E-state index contributed by atoms with van der Waals surface area (Å²) in [6, 6.07) is 15.1. The fraction of sp³-hybridized carbons (Fsp3) is 0.316. The van der Waals surface area contributed by atoms with Crippen LogP contribution in [0.25, 0.3) is 0 Å². The molecule has 4 heteroatoms. The van der Waals surface area contributed by atoms with Gasteiger partial charge in [-0.2, -0.15) is 0 Å². The van der Waals surface area contributed by atoms with Crippen LogP contribution in [0.5, 0.6) is 11.5 Å². The lowest BCUT2D eigenvalue weighted by Crippen LogP contribution is -2.31. The maximum absolute atomic E-state index is 12.9. The molecule has 0 unspecified atom stereocenters. The zero-order valence-electron chi connectivity index (χ0n) is 13.5. The van der Waals surface area contributed by atoms with E-state index in [1.54, 1.807) is 14.2 Å². The molecule has 2 aromatic rings. The van der Waals surface area contributed by atoms with Crippen LogP contribution in [0.2, 0.25) is 0 Å². The molecule has 1 aliphatic rings. The first-order chi connectivity index (χ1) is 11.3. The van der Waals surface area contributed by atoms with Gasteiger partial charge < -0.3 is 14.4 Å². The molecule has 0 saturated carbocycles. The Hall–Kier alpha value is -2.49. The van der Waals surface area contributed by atoms with Gasteiger partial charge in [-0.3, -0.25) is 4.79 Å². The van der Waals surface area contributed by atoms with E-state index in [1.807, 2.05) is 53.4 Å². The number of benzene rings is 2. The highest BCUT2D eigenvalue weighted by molar-refractivity contribution is 5.94. The van der Waals surface area contributed by atoms with Crippen molar-refractivity contribution in [2.75, 3.05) is 20.8 Å². The normalized spacial score (nSPS) is 17.1. The minimum atomic E-state index is -0.0196. The van der Waals surface area contributed by atoms with E-state index in [2.05, 4.69) is 0 Å². The largest absolute Gasteiger partial charge is 0.496 e. The molecule has 1 heterocycles. The van der Waals surface area contributed by atoms with Crippen molar-refractivity contribution in [1.82, 2.24) is 4.90 Å². The highest BCUT2D eigenvalue weighted by Gasteiger charge is 2.34. The van der Waals surface area contributed by atoms with E-state index in [0.29, 0.717) is 5.56 Å². The molecule has 120 valence electrons. The van der Waals surface area contributed by atoms with Crippen LogP contribution < -0.4 is 9.47 Å². The Balaban J connectivity index is 1.98. The average Bonchev–Trinajstić information content (AvgIpc) is 3.10. The molecule has 23 heavy (non-hydrogen) atoms. The van der Waals surface area contributed by atoms with E-state index in [-0.39, 0.29) is 11.9 Å². The number of amides is 1. The second kappa shape index (κ2) is 6.73. The molecule has 4 nitrogen and oxygen atoms in total.